The maximum Gasteiger partial charge on any atom is 0.340 e. The zero-order valence-electron chi connectivity index (χ0n) is 23.2. The second-order valence-electron chi connectivity index (χ2n) is 10.7. The topological polar surface area (TPSA) is 166 Å². The van der Waals surface area contributed by atoms with Crippen LogP contribution in [0.4, 0.5) is 11.8 Å². The minimum atomic E-state index is -1.20. The van der Waals surface area contributed by atoms with Gasteiger partial charge in [0.2, 0.25) is 5.95 Å². The number of fused-ring (bicyclic) bond motifs is 1. The van der Waals surface area contributed by atoms with E-state index in [2.05, 4.69) is 33.2 Å². The van der Waals surface area contributed by atoms with Gasteiger partial charge in [-0.25, -0.2) is 9.78 Å². The number of anilines is 2. The van der Waals surface area contributed by atoms with Gasteiger partial charge in [0.05, 0.1) is 25.8 Å². The summed E-state index contributed by atoms with van der Waals surface area (Å²) in [7, 11) is 3.21. The molecule has 10 heteroatoms. The van der Waals surface area contributed by atoms with Crippen LogP contribution in [0.3, 0.4) is 0 Å². The number of aliphatic hydroxyl groups excluding tert-OH is 1. The first kappa shape index (κ1) is 27.9. The smallest absolute Gasteiger partial charge is 0.340 e. The van der Waals surface area contributed by atoms with Gasteiger partial charge < -0.3 is 31.2 Å². The van der Waals surface area contributed by atoms with Crippen molar-refractivity contribution in [2.24, 2.45) is 22.2 Å². The predicted molar refractivity (Wildman–Crippen MR) is 158 cm³/mol. The number of rotatable bonds is 8. The van der Waals surface area contributed by atoms with E-state index in [-0.39, 0.29) is 17.3 Å². The molecule has 0 spiro atoms. The number of aliphatic hydroxyl groups is 1. The van der Waals surface area contributed by atoms with Gasteiger partial charge in [0.1, 0.15) is 17.2 Å². The number of aliphatic imine (C=N–C) groups is 1. The molecule has 2 heterocycles. The molecular weight excluding hydrogens is 522 g/mol. The van der Waals surface area contributed by atoms with E-state index in [1.54, 1.807) is 20.4 Å². The fourth-order valence-electron chi connectivity index (χ4n) is 6.04. The third kappa shape index (κ3) is 5.54. The number of nitrogen functional groups attached to an aromatic ring is 2. The van der Waals surface area contributed by atoms with Crippen LogP contribution in [0.2, 0.25) is 0 Å². The van der Waals surface area contributed by atoms with Crippen LogP contribution in [0.25, 0.3) is 6.08 Å². The third-order valence-corrected chi connectivity index (χ3v) is 8.18. The second-order valence-corrected chi connectivity index (χ2v) is 10.7. The minimum absolute atomic E-state index is 0.123. The second kappa shape index (κ2) is 11.5. The number of hydrogen-bond donors (Lipinski definition) is 4. The van der Waals surface area contributed by atoms with E-state index >= 15 is 0 Å². The maximum atomic E-state index is 11.6. The molecule has 2 aliphatic carbocycles. The molecule has 2 unspecified atom stereocenters. The number of nitrogens with two attached hydrogens (primary N) is 2. The molecule has 41 heavy (non-hydrogen) atoms. The number of benzene rings is 1. The van der Waals surface area contributed by atoms with Gasteiger partial charge in [0, 0.05) is 35.4 Å². The quantitative estimate of drug-likeness (QED) is 0.331. The highest BCUT2D eigenvalue weighted by molar-refractivity contribution is 6.10. The van der Waals surface area contributed by atoms with Crippen molar-refractivity contribution >= 4 is 30.0 Å². The minimum Gasteiger partial charge on any atom is -0.510 e. The number of dihydropyridines is 1. The summed E-state index contributed by atoms with van der Waals surface area (Å²) in [5, 5.41) is 20.1. The number of methoxy groups -OCH3 is 2. The van der Waals surface area contributed by atoms with Gasteiger partial charge in [-0.15, -0.1) is 0 Å². The van der Waals surface area contributed by atoms with Crippen molar-refractivity contribution in [3.8, 4) is 11.5 Å². The summed E-state index contributed by atoms with van der Waals surface area (Å²) >= 11 is 0. The van der Waals surface area contributed by atoms with Crippen molar-refractivity contribution in [3.05, 3.63) is 76.4 Å². The van der Waals surface area contributed by atoms with Crippen LogP contribution in [0.15, 0.2) is 64.7 Å². The predicted octanol–water partition coefficient (Wildman–Crippen LogP) is 4.88. The van der Waals surface area contributed by atoms with Crippen molar-refractivity contribution in [2.75, 3.05) is 25.7 Å². The molecule has 1 aromatic heterocycles. The molecule has 1 aliphatic heterocycles. The number of carbonyl (C=O) groups is 1. The average molecular weight is 558 g/mol. The molecule has 2 atom stereocenters. The normalized spacial score (nSPS) is 22.5. The maximum absolute atomic E-state index is 11.6. The number of hydrogen-bond acceptors (Lipinski definition) is 9. The Bertz CT molecular complexity index is 1500. The first-order chi connectivity index (χ1) is 19.7. The van der Waals surface area contributed by atoms with Crippen LogP contribution in [0.5, 0.6) is 11.5 Å². The van der Waals surface area contributed by atoms with Gasteiger partial charge in [0.15, 0.2) is 11.5 Å². The Kier molecular flexibility index (Phi) is 7.83. The molecule has 10 nitrogen and oxygen atoms in total. The fourth-order valence-corrected chi connectivity index (χ4v) is 6.04. The first-order valence-electron chi connectivity index (χ1n) is 13.7. The van der Waals surface area contributed by atoms with Crippen LogP contribution in [-0.4, -0.2) is 46.6 Å². The van der Waals surface area contributed by atoms with Crippen LogP contribution >= 0.6 is 0 Å². The van der Waals surface area contributed by atoms with E-state index in [0.717, 1.165) is 42.4 Å². The van der Waals surface area contributed by atoms with Crippen LogP contribution in [-0.2, 0) is 11.2 Å². The lowest BCUT2D eigenvalue weighted by Gasteiger charge is -2.40. The lowest BCUT2D eigenvalue weighted by atomic mass is 9.65. The number of ether oxygens (including phenoxy) is 2. The molecule has 5 rings (SSSR count). The Hall–Kier alpha value is -4.60. The van der Waals surface area contributed by atoms with Crippen molar-refractivity contribution in [2.45, 2.75) is 38.5 Å². The fraction of sp³-hybridized carbons (Fsp3) is 0.355. The number of nitrogens with zero attached hydrogens (tertiary/aromatic N) is 3. The van der Waals surface area contributed by atoms with Crippen LogP contribution < -0.4 is 20.9 Å². The van der Waals surface area contributed by atoms with Gasteiger partial charge in [-0.3, -0.25) is 4.99 Å². The van der Waals surface area contributed by atoms with Crippen LogP contribution in [0, 0.1) is 17.3 Å². The molecule has 0 bridgehead atoms. The molecule has 0 radical (unpaired) electrons. The van der Waals surface area contributed by atoms with E-state index in [1.165, 1.54) is 12.6 Å². The van der Waals surface area contributed by atoms with E-state index in [0.29, 0.717) is 35.4 Å². The van der Waals surface area contributed by atoms with Crippen molar-refractivity contribution < 1.29 is 24.5 Å². The van der Waals surface area contributed by atoms with Crippen LogP contribution in [0.1, 0.15) is 48.8 Å². The Morgan fingerprint density at radius 3 is 2.63 bits per heavy atom. The van der Waals surface area contributed by atoms with E-state index in [9.17, 15) is 15.0 Å². The van der Waals surface area contributed by atoms with Gasteiger partial charge in [-0.2, -0.15) is 4.98 Å². The molecule has 3 aliphatic rings. The Balaban J connectivity index is 1.56. The first-order valence-corrected chi connectivity index (χ1v) is 13.7. The molecule has 0 saturated heterocycles. The molecule has 6 N–H and O–H groups in total. The Morgan fingerprint density at radius 2 is 1.95 bits per heavy atom. The molecule has 1 fully saturated rings. The largest absolute Gasteiger partial charge is 0.510 e. The van der Waals surface area contributed by atoms with Gasteiger partial charge in [-0.05, 0) is 42.5 Å². The standard InChI is InChI=1S/C31H35N5O5/c1-40-25-14-18(13-20-16-35-30(33)36-28(20)32)12-19(27(25)41-2)8-10-31(21-6-4-3-5-7-21)11-9-22-24(15-31)34-17-23(26(22)37)29(38)39/h8-12,14-17,21-22,37H,3-7,13H2,1-2H3,(H,38,39)(H4,32,33,35,36)/b10-8+. The van der Waals surface area contributed by atoms with Gasteiger partial charge >= 0.3 is 5.97 Å². The van der Waals surface area contributed by atoms with Crippen molar-refractivity contribution in [3.63, 3.8) is 0 Å². The highest BCUT2D eigenvalue weighted by Gasteiger charge is 2.39. The van der Waals surface area contributed by atoms with Gasteiger partial charge in [-0.1, -0.05) is 43.6 Å². The average Bonchev–Trinajstić information content (AvgIpc) is 2.97. The number of allylic oxidation sites excluding steroid dienone is 3. The number of aliphatic carboxylic acids is 1. The van der Waals surface area contributed by atoms with E-state index in [4.69, 9.17) is 20.9 Å². The lowest BCUT2D eigenvalue weighted by molar-refractivity contribution is -0.132. The zero-order valence-corrected chi connectivity index (χ0v) is 23.2. The Morgan fingerprint density at radius 1 is 1.17 bits per heavy atom. The summed E-state index contributed by atoms with van der Waals surface area (Å²) in [5.41, 5.74) is 14.3. The monoisotopic (exact) mass is 557 g/mol. The molecule has 2 aromatic rings. The molecule has 0 amide bonds. The SMILES string of the molecule is COc1cc(Cc2cnc(N)nc2N)cc(/C=C/C2(C3CCCCC3)C=CC3C(=C2)N=CC(C(=O)O)=C3O)c1OC. The third-order valence-electron chi connectivity index (χ3n) is 8.18. The molecule has 1 saturated carbocycles. The Labute approximate surface area is 238 Å². The molecule has 1 aromatic carbocycles. The summed E-state index contributed by atoms with van der Waals surface area (Å²) in [6, 6.07) is 3.93. The zero-order chi connectivity index (χ0) is 29.1. The summed E-state index contributed by atoms with van der Waals surface area (Å²) in [5.74, 6) is -0.0263. The van der Waals surface area contributed by atoms with Gasteiger partial charge in [0.25, 0.3) is 0 Å². The highest BCUT2D eigenvalue weighted by Crippen LogP contribution is 2.48. The number of aromatic nitrogens is 2. The molecular formula is C31H35N5O5. The van der Waals surface area contributed by atoms with Crippen molar-refractivity contribution in [1.29, 1.82) is 0 Å². The number of carboxylic acids is 1. The van der Waals surface area contributed by atoms with Crippen molar-refractivity contribution in [1.82, 2.24) is 9.97 Å². The van der Waals surface area contributed by atoms with E-state index in [1.807, 2.05) is 24.3 Å². The number of carboxylic acid groups (broad SMARTS) is 1. The highest BCUT2D eigenvalue weighted by atomic mass is 16.5. The summed E-state index contributed by atoms with van der Waals surface area (Å²) in [6.07, 6.45) is 19.1. The molecule has 214 valence electrons. The summed E-state index contributed by atoms with van der Waals surface area (Å²) < 4.78 is 11.5. The summed E-state index contributed by atoms with van der Waals surface area (Å²) in [4.78, 5) is 24.2. The summed E-state index contributed by atoms with van der Waals surface area (Å²) in [6.45, 7) is 0. The van der Waals surface area contributed by atoms with E-state index < -0.39 is 17.3 Å². The lowest BCUT2D eigenvalue weighted by Crippen LogP contribution is -2.31.